The van der Waals surface area contributed by atoms with E-state index in [-0.39, 0.29) is 23.5 Å². The van der Waals surface area contributed by atoms with Crippen LogP contribution >= 0.6 is 11.3 Å². The molecule has 1 amide bonds. The zero-order valence-corrected chi connectivity index (χ0v) is 17.1. The molecule has 1 atom stereocenters. The summed E-state index contributed by atoms with van der Waals surface area (Å²) in [5.74, 6) is -0.0879. The molecule has 0 aliphatic heterocycles. The number of nitrogens with one attached hydrogen (secondary N) is 1. The molecule has 0 aliphatic rings. The van der Waals surface area contributed by atoms with Gasteiger partial charge in [-0.2, -0.15) is 19.8 Å². The lowest BCUT2D eigenvalue weighted by atomic mass is 9.94. The number of carbonyl (C=O) groups excluding carboxylic acids is 1. The molecule has 1 N–H and O–H groups in total. The minimum Gasteiger partial charge on any atom is -0.349 e. The van der Waals surface area contributed by atoms with Crippen LogP contribution in [0.25, 0.3) is 0 Å². The normalized spacial score (nSPS) is 13.4. The molecule has 0 aliphatic carbocycles. The number of amides is 1. The van der Waals surface area contributed by atoms with Crippen LogP contribution in [0.15, 0.2) is 46.0 Å². The highest BCUT2D eigenvalue weighted by Crippen LogP contribution is 2.23. The quantitative estimate of drug-likeness (QED) is 0.718. The molecule has 1 unspecified atom stereocenters. The van der Waals surface area contributed by atoms with Crippen molar-refractivity contribution < 1.29 is 17.4 Å². The highest BCUT2D eigenvalue weighted by molar-refractivity contribution is 7.86. The van der Waals surface area contributed by atoms with E-state index in [1.807, 2.05) is 44.5 Å². The lowest BCUT2D eigenvalue weighted by molar-refractivity contribution is -0.129. The van der Waals surface area contributed by atoms with Gasteiger partial charge in [0.1, 0.15) is 0 Å². The second-order valence-electron chi connectivity index (χ2n) is 7.21. The van der Waals surface area contributed by atoms with Crippen LogP contribution in [-0.4, -0.2) is 20.9 Å². The topological polar surface area (TPSA) is 72.5 Å². The molecule has 26 heavy (non-hydrogen) atoms. The molecule has 142 valence electrons. The number of thiophene rings is 1. The Bertz CT molecular complexity index is 819. The SMILES string of the molecule is Cc1ccc(S(=O)(=O)OCCC(NC(=O)C(C)(C)C)c2ccsc2)cc1. The number of aryl methyl sites for hydroxylation is 1. The van der Waals surface area contributed by atoms with Crippen LogP contribution in [0.4, 0.5) is 0 Å². The first kappa shape index (κ1) is 20.6. The maximum Gasteiger partial charge on any atom is 0.296 e. The Kier molecular flexibility index (Phi) is 6.60. The fourth-order valence-electron chi connectivity index (χ4n) is 2.22. The minimum atomic E-state index is -3.81. The standard InChI is InChI=1S/C19H25NO4S2/c1-14-5-7-16(8-6-14)26(22,23)24-11-9-17(15-10-12-25-13-15)20-18(21)19(2,3)4/h5-8,10,12-13,17H,9,11H2,1-4H3,(H,20,21). The van der Waals surface area contributed by atoms with E-state index in [1.165, 1.54) is 23.5 Å². The summed E-state index contributed by atoms with van der Waals surface area (Å²) < 4.78 is 29.7. The van der Waals surface area contributed by atoms with E-state index in [4.69, 9.17) is 4.18 Å². The van der Waals surface area contributed by atoms with E-state index in [1.54, 1.807) is 12.1 Å². The molecule has 7 heteroatoms. The molecule has 0 saturated heterocycles. The lowest BCUT2D eigenvalue weighted by Gasteiger charge is -2.24. The second-order valence-corrected chi connectivity index (χ2v) is 9.61. The average Bonchev–Trinajstić information content (AvgIpc) is 3.07. The van der Waals surface area contributed by atoms with Gasteiger partial charge in [-0.1, -0.05) is 38.5 Å². The van der Waals surface area contributed by atoms with Gasteiger partial charge in [0.2, 0.25) is 5.91 Å². The summed E-state index contributed by atoms with van der Waals surface area (Å²) in [5, 5.41) is 6.86. The Morgan fingerprint density at radius 3 is 2.38 bits per heavy atom. The molecule has 1 aromatic heterocycles. The maximum absolute atomic E-state index is 12.3. The highest BCUT2D eigenvalue weighted by Gasteiger charge is 2.25. The first-order chi connectivity index (χ1) is 12.1. The molecular formula is C19H25NO4S2. The van der Waals surface area contributed by atoms with Gasteiger partial charge in [0, 0.05) is 5.41 Å². The van der Waals surface area contributed by atoms with Gasteiger partial charge in [0.25, 0.3) is 10.1 Å². The Morgan fingerprint density at radius 1 is 1.19 bits per heavy atom. The molecule has 2 rings (SSSR count). The van der Waals surface area contributed by atoms with E-state index in [0.29, 0.717) is 6.42 Å². The van der Waals surface area contributed by atoms with E-state index >= 15 is 0 Å². The fourth-order valence-corrected chi connectivity index (χ4v) is 3.85. The van der Waals surface area contributed by atoms with E-state index < -0.39 is 15.5 Å². The zero-order chi connectivity index (χ0) is 19.4. The average molecular weight is 396 g/mol. The van der Waals surface area contributed by atoms with Crippen molar-refractivity contribution in [2.75, 3.05) is 6.61 Å². The monoisotopic (exact) mass is 395 g/mol. The van der Waals surface area contributed by atoms with Gasteiger partial charge in [-0.05, 0) is 47.9 Å². The largest absolute Gasteiger partial charge is 0.349 e. The van der Waals surface area contributed by atoms with Crippen molar-refractivity contribution >= 4 is 27.4 Å². The third kappa shape index (κ3) is 5.65. The Morgan fingerprint density at radius 2 is 1.85 bits per heavy atom. The molecule has 1 aromatic carbocycles. The van der Waals surface area contributed by atoms with Crippen molar-refractivity contribution in [2.24, 2.45) is 5.41 Å². The maximum atomic E-state index is 12.3. The molecule has 2 aromatic rings. The number of hydrogen-bond donors (Lipinski definition) is 1. The Labute approximate surface area is 159 Å². The number of carbonyl (C=O) groups is 1. The van der Waals surface area contributed by atoms with Gasteiger partial charge in [-0.25, -0.2) is 0 Å². The Balaban J connectivity index is 2.03. The predicted molar refractivity (Wildman–Crippen MR) is 104 cm³/mol. The van der Waals surface area contributed by atoms with Crippen molar-refractivity contribution in [1.29, 1.82) is 0 Å². The summed E-state index contributed by atoms with van der Waals surface area (Å²) in [4.78, 5) is 12.5. The van der Waals surface area contributed by atoms with Crippen molar-refractivity contribution in [1.82, 2.24) is 5.32 Å². The minimum absolute atomic E-state index is 0.0128. The third-order valence-electron chi connectivity index (χ3n) is 3.89. The summed E-state index contributed by atoms with van der Waals surface area (Å²) in [6, 6.07) is 8.15. The van der Waals surface area contributed by atoms with Crippen LogP contribution in [0.5, 0.6) is 0 Å². The van der Waals surface area contributed by atoms with Crippen LogP contribution < -0.4 is 5.32 Å². The molecule has 0 radical (unpaired) electrons. The van der Waals surface area contributed by atoms with Gasteiger partial charge in [-0.3, -0.25) is 8.98 Å². The van der Waals surface area contributed by atoms with Crippen molar-refractivity contribution in [2.45, 2.75) is 45.1 Å². The van der Waals surface area contributed by atoms with Crippen LogP contribution in [0.3, 0.4) is 0 Å². The second kappa shape index (κ2) is 8.33. The molecule has 1 heterocycles. The summed E-state index contributed by atoms with van der Waals surface area (Å²) in [7, 11) is -3.81. The molecule has 0 bridgehead atoms. The van der Waals surface area contributed by atoms with Gasteiger partial charge in [-0.15, -0.1) is 0 Å². The Hall–Kier alpha value is -1.70. The smallest absolute Gasteiger partial charge is 0.296 e. The van der Waals surface area contributed by atoms with E-state index in [0.717, 1.165) is 11.1 Å². The zero-order valence-electron chi connectivity index (χ0n) is 15.5. The molecular weight excluding hydrogens is 370 g/mol. The lowest BCUT2D eigenvalue weighted by Crippen LogP contribution is -2.37. The first-order valence-corrected chi connectivity index (χ1v) is 10.7. The van der Waals surface area contributed by atoms with E-state index in [2.05, 4.69) is 5.32 Å². The number of benzene rings is 1. The van der Waals surface area contributed by atoms with Gasteiger partial charge in [0.05, 0.1) is 17.5 Å². The first-order valence-electron chi connectivity index (χ1n) is 8.39. The summed E-state index contributed by atoms with van der Waals surface area (Å²) in [6.45, 7) is 7.39. The van der Waals surface area contributed by atoms with Gasteiger partial charge < -0.3 is 5.32 Å². The van der Waals surface area contributed by atoms with Gasteiger partial charge in [0.15, 0.2) is 0 Å². The van der Waals surface area contributed by atoms with Crippen molar-refractivity contribution in [3.05, 3.63) is 52.2 Å². The van der Waals surface area contributed by atoms with Crippen LogP contribution in [0.1, 0.15) is 44.4 Å². The van der Waals surface area contributed by atoms with Crippen LogP contribution in [0.2, 0.25) is 0 Å². The molecule has 0 saturated carbocycles. The molecule has 5 nitrogen and oxygen atoms in total. The van der Waals surface area contributed by atoms with E-state index in [9.17, 15) is 13.2 Å². The third-order valence-corrected chi connectivity index (χ3v) is 5.91. The van der Waals surface area contributed by atoms with Gasteiger partial charge >= 0.3 is 0 Å². The van der Waals surface area contributed by atoms with Crippen molar-refractivity contribution in [3.63, 3.8) is 0 Å². The van der Waals surface area contributed by atoms with Crippen LogP contribution in [0, 0.1) is 12.3 Å². The summed E-state index contributed by atoms with van der Waals surface area (Å²) in [6.07, 6.45) is 0.365. The summed E-state index contributed by atoms with van der Waals surface area (Å²) >= 11 is 1.53. The number of hydrogen-bond acceptors (Lipinski definition) is 5. The molecule has 0 spiro atoms. The number of rotatable bonds is 7. The highest BCUT2D eigenvalue weighted by atomic mass is 32.2. The summed E-state index contributed by atoms with van der Waals surface area (Å²) in [5.41, 5.74) is 1.40. The fraction of sp³-hybridized carbons (Fsp3) is 0.421. The predicted octanol–water partition coefficient (Wildman–Crippen LogP) is 4.06. The van der Waals surface area contributed by atoms with Crippen molar-refractivity contribution in [3.8, 4) is 0 Å². The van der Waals surface area contributed by atoms with Crippen LogP contribution in [-0.2, 0) is 19.1 Å². The molecule has 0 fully saturated rings.